The van der Waals surface area contributed by atoms with E-state index in [4.69, 9.17) is 0 Å². The van der Waals surface area contributed by atoms with Crippen LogP contribution in [0.2, 0.25) is 0 Å². The normalized spacial score (nSPS) is 9.56. The van der Waals surface area contributed by atoms with Crippen molar-refractivity contribution in [1.82, 2.24) is 5.32 Å². The lowest BCUT2D eigenvalue weighted by atomic mass is 10.1. The maximum atomic E-state index is 11.6. The molecule has 5 nitrogen and oxygen atoms in total. The smallest absolute Gasteiger partial charge is 0.282 e. The summed E-state index contributed by atoms with van der Waals surface area (Å²) in [5, 5.41) is 13.2. The third-order valence-electron chi connectivity index (χ3n) is 1.90. The van der Waals surface area contributed by atoms with Gasteiger partial charge in [-0.05, 0) is 13.0 Å². The van der Waals surface area contributed by atoms with Gasteiger partial charge >= 0.3 is 0 Å². The van der Waals surface area contributed by atoms with Crippen molar-refractivity contribution in [2.75, 3.05) is 6.54 Å². The Hall–Kier alpha value is -2.17. The summed E-state index contributed by atoms with van der Waals surface area (Å²) in [4.78, 5) is 21.7. The molecule has 0 unspecified atom stereocenters. The predicted molar refractivity (Wildman–Crippen MR) is 60.2 cm³/mol. The summed E-state index contributed by atoms with van der Waals surface area (Å²) in [6.45, 7) is 5.70. The van der Waals surface area contributed by atoms with Gasteiger partial charge in [0.05, 0.1) is 4.92 Å². The fraction of sp³-hybridized carbons (Fsp3) is 0.182. The van der Waals surface area contributed by atoms with Gasteiger partial charge in [-0.2, -0.15) is 0 Å². The number of hydrogen-bond acceptors (Lipinski definition) is 3. The average Bonchev–Trinajstić information content (AvgIpc) is 2.25. The van der Waals surface area contributed by atoms with E-state index in [0.29, 0.717) is 6.54 Å². The minimum Gasteiger partial charge on any atom is -0.348 e. The minimum absolute atomic E-state index is 0.0637. The van der Waals surface area contributed by atoms with Crippen molar-refractivity contribution in [3.05, 3.63) is 52.1 Å². The van der Waals surface area contributed by atoms with E-state index < -0.39 is 10.8 Å². The number of amides is 1. The topological polar surface area (TPSA) is 72.2 Å². The van der Waals surface area contributed by atoms with E-state index in [1.54, 1.807) is 13.0 Å². The molecule has 0 saturated heterocycles. The van der Waals surface area contributed by atoms with Crippen LogP contribution in [0, 0.1) is 10.1 Å². The SMILES string of the molecule is C=C(C)CNC(=O)c1ccccc1[N+](=O)[O-]. The zero-order valence-electron chi connectivity index (χ0n) is 8.90. The van der Waals surface area contributed by atoms with Crippen molar-refractivity contribution < 1.29 is 9.72 Å². The maximum Gasteiger partial charge on any atom is 0.282 e. The van der Waals surface area contributed by atoms with E-state index in [2.05, 4.69) is 11.9 Å². The number of hydrogen-bond donors (Lipinski definition) is 1. The Morgan fingerprint density at radius 1 is 1.50 bits per heavy atom. The Balaban J connectivity index is 2.90. The van der Waals surface area contributed by atoms with Gasteiger partial charge in [-0.3, -0.25) is 14.9 Å². The van der Waals surface area contributed by atoms with Crippen LogP contribution in [0.3, 0.4) is 0 Å². The Kier molecular flexibility index (Phi) is 3.77. The number of rotatable bonds is 4. The molecule has 0 fully saturated rings. The van der Waals surface area contributed by atoms with E-state index >= 15 is 0 Å². The summed E-state index contributed by atoms with van der Waals surface area (Å²) in [5.41, 5.74) is 0.655. The lowest BCUT2D eigenvalue weighted by Crippen LogP contribution is -2.25. The lowest BCUT2D eigenvalue weighted by Gasteiger charge is -2.04. The van der Waals surface area contributed by atoms with Gasteiger partial charge in [0.25, 0.3) is 11.6 Å². The summed E-state index contributed by atoms with van der Waals surface area (Å²) in [5.74, 6) is -0.463. The molecule has 0 aromatic heterocycles. The third kappa shape index (κ3) is 2.91. The number of nitro groups is 1. The first kappa shape index (κ1) is 11.9. The van der Waals surface area contributed by atoms with Crippen LogP contribution in [0.15, 0.2) is 36.4 Å². The van der Waals surface area contributed by atoms with Crippen LogP contribution in [0.4, 0.5) is 5.69 Å². The average molecular weight is 220 g/mol. The Morgan fingerprint density at radius 2 is 2.12 bits per heavy atom. The van der Waals surface area contributed by atoms with Gasteiger partial charge in [0, 0.05) is 12.6 Å². The molecular formula is C11H12N2O3. The molecule has 0 aliphatic rings. The zero-order valence-corrected chi connectivity index (χ0v) is 8.90. The highest BCUT2D eigenvalue weighted by molar-refractivity contribution is 5.98. The molecule has 1 N–H and O–H groups in total. The molecule has 84 valence electrons. The second-order valence-corrected chi connectivity index (χ2v) is 3.41. The standard InChI is InChI=1S/C11H12N2O3/c1-8(2)7-12-11(14)9-5-3-4-6-10(9)13(15)16/h3-6H,1,7H2,2H3,(H,12,14). The molecule has 0 radical (unpaired) electrons. The highest BCUT2D eigenvalue weighted by Gasteiger charge is 2.18. The molecule has 0 spiro atoms. The number of para-hydroxylation sites is 1. The molecule has 5 heteroatoms. The van der Waals surface area contributed by atoms with Crippen LogP contribution in [-0.2, 0) is 0 Å². The molecule has 16 heavy (non-hydrogen) atoms. The van der Waals surface area contributed by atoms with Crippen LogP contribution in [-0.4, -0.2) is 17.4 Å². The van der Waals surface area contributed by atoms with E-state index in [1.165, 1.54) is 18.2 Å². The fourth-order valence-corrected chi connectivity index (χ4v) is 1.15. The Morgan fingerprint density at radius 3 is 2.69 bits per heavy atom. The third-order valence-corrected chi connectivity index (χ3v) is 1.90. The highest BCUT2D eigenvalue weighted by Crippen LogP contribution is 2.17. The molecule has 0 atom stereocenters. The number of nitro benzene ring substituents is 1. The van der Waals surface area contributed by atoms with E-state index in [0.717, 1.165) is 5.57 Å². The van der Waals surface area contributed by atoms with Crippen molar-refractivity contribution in [3.63, 3.8) is 0 Å². The van der Waals surface area contributed by atoms with Crippen LogP contribution in [0.1, 0.15) is 17.3 Å². The molecule has 0 saturated carbocycles. The number of benzene rings is 1. The molecular weight excluding hydrogens is 208 g/mol. The van der Waals surface area contributed by atoms with Crippen molar-refractivity contribution in [2.24, 2.45) is 0 Å². The lowest BCUT2D eigenvalue weighted by molar-refractivity contribution is -0.385. The van der Waals surface area contributed by atoms with Gasteiger partial charge in [-0.1, -0.05) is 24.3 Å². The maximum absolute atomic E-state index is 11.6. The van der Waals surface area contributed by atoms with Crippen molar-refractivity contribution in [2.45, 2.75) is 6.92 Å². The summed E-state index contributed by atoms with van der Waals surface area (Å²) >= 11 is 0. The first-order valence-corrected chi connectivity index (χ1v) is 4.68. The second-order valence-electron chi connectivity index (χ2n) is 3.41. The van der Waals surface area contributed by atoms with Crippen LogP contribution >= 0.6 is 0 Å². The van der Waals surface area contributed by atoms with Crippen molar-refractivity contribution >= 4 is 11.6 Å². The predicted octanol–water partition coefficient (Wildman–Crippen LogP) is 1.90. The van der Waals surface area contributed by atoms with E-state index in [-0.39, 0.29) is 11.3 Å². The largest absolute Gasteiger partial charge is 0.348 e. The zero-order chi connectivity index (χ0) is 12.1. The molecule has 0 bridgehead atoms. The van der Waals surface area contributed by atoms with Gasteiger partial charge in [-0.15, -0.1) is 0 Å². The molecule has 1 aromatic rings. The molecule has 0 heterocycles. The Labute approximate surface area is 92.9 Å². The van der Waals surface area contributed by atoms with Gasteiger partial charge in [0.1, 0.15) is 5.56 Å². The van der Waals surface area contributed by atoms with E-state index in [1.807, 2.05) is 0 Å². The quantitative estimate of drug-likeness (QED) is 0.478. The number of carbonyl (C=O) groups is 1. The summed E-state index contributed by atoms with van der Waals surface area (Å²) in [6, 6.07) is 5.83. The van der Waals surface area contributed by atoms with Crippen LogP contribution in [0.25, 0.3) is 0 Å². The van der Waals surface area contributed by atoms with Crippen molar-refractivity contribution in [3.8, 4) is 0 Å². The van der Waals surface area contributed by atoms with Crippen LogP contribution in [0.5, 0.6) is 0 Å². The van der Waals surface area contributed by atoms with Crippen molar-refractivity contribution in [1.29, 1.82) is 0 Å². The van der Waals surface area contributed by atoms with Gasteiger partial charge in [-0.25, -0.2) is 0 Å². The highest BCUT2D eigenvalue weighted by atomic mass is 16.6. The van der Waals surface area contributed by atoms with Crippen LogP contribution < -0.4 is 5.32 Å². The molecule has 1 aromatic carbocycles. The van der Waals surface area contributed by atoms with E-state index in [9.17, 15) is 14.9 Å². The number of carbonyl (C=O) groups excluding carboxylic acids is 1. The monoisotopic (exact) mass is 220 g/mol. The first-order chi connectivity index (χ1) is 7.52. The van der Waals surface area contributed by atoms with Gasteiger partial charge in [0.2, 0.25) is 0 Å². The molecule has 1 amide bonds. The molecule has 0 aliphatic heterocycles. The number of nitrogens with one attached hydrogen (secondary N) is 1. The van der Waals surface area contributed by atoms with Gasteiger partial charge < -0.3 is 5.32 Å². The fourth-order valence-electron chi connectivity index (χ4n) is 1.15. The summed E-state index contributed by atoms with van der Waals surface area (Å²) < 4.78 is 0. The first-order valence-electron chi connectivity index (χ1n) is 4.68. The van der Waals surface area contributed by atoms with Gasteiger partial charge in [0.15, 0.2) is 0 Å². The molecule has 0 aliphatic carbocycles. The minimum atomic E-state index is -0.574. The number of nitrogens with zero attached hydrogens (tertiary/aromatic N) is 1. The molecule has 1 rings (SSSR count). The summed E-state index contributed by atoms with van der Waals surface area (Å²) in [7, 11) is 0. The second kappa shape index (κ2) is 5.06. The summed E-state index contributed by atoms with van der Waals surface area (Å²) in [6.07, 6.45) is 0. The Bertz CT molecular complexity index is 441.